The number of imidazole rings is 1. The molecule has 1 saturated heterocycles. The summed E-state index contributed by atoms with van der Waals surface area (Å²) in [5.74, 6) is 1.52. The summed E-state index contributed by atoms with van der Waals surface area (Å²) < 4.78 is 35.7. The van der Waals surface area contributed by atoms with Crippen molar-refractivity contribution in [3.05, 3.63) is 96.2 Å². The van der Waals surface area contributed by atoms with Crippen LogP contribution in [0.15, 0.2) is 84.9 Å². The lowest BCUT2D eigenvalue weighted by atomic mass is 10.1. The number of hydrogen-bond donors (Lipinski definition) is 2. The standard InChI is InChI=1S/C29H33N5O3S/c1-37-26-14-12-24(13-15-26)28-27(31-29(32-28)25-10-6-3-7-11-25)16-17-30-38(35,36)34-20-18-33(19-21-34)22-23-8-4-2-5-9-23/h2-15,30H,16-22H2,1H3,(H,31,32). The Morgan fingerprint density at radius 1 is 0.868 bits per heavy atom. The molecule has 0 aliphatic carbocycles. The monoisotopic (exact) mass is 531 g/mol. The molecule has 0 radical (unpaired) electrons. The van der Waals surface area contributed by atoms with Crippen molar-refractivity contribution < 1.29 is 13.2 Å². The third kappa shape index (κ3) is 6.31. The van der Waals surface area contributed by atoms with Crippen molar-refractivity contribution >= 4 is 10.2 Å². The lowest BCUT2D eigenvalue weighted by Crippen LogP contribution is -2.51. The molecule has 9 heteroatoms. The Morgan fingerprint density at radius 2 is 1.53 bits per heavy atom. The second-order valence-electron chi connectivity index (χ2n) is 9.32. The number of nitrogens with zero attached hydrogens (tertiary/aromatic N) is 3. The average molecular weight is 532 g/mol. The number of H-pyrrole nitrogens is 1. The molecule has 1 aromatic heterocycles. The van der Waals surface area contributed by atoms with Crippen LogP contribution in [0.4, 0.5) is 0 Å². The van der Waals surface area contributed by atoms with E-state index in [-0.39, 0.29) is 6.54 Å². The van der Waals surface area contributed by atoms with E-state index in [1.54, 1.807) is 11.4 Å². The number of benzene rings is 3. The number of methoxy groups -OCH3 is 1. The van der Waals surface area contributed by atoms with Gasteiger partial charge in [-0.25, -0.2) is 9.71 Å². The minimum absolute atomic E-state index is 0.270. The molecule has 3 aromatic carbocycles. The molecule has 1 aliphatic rings. The number of hydrogen-bond acceptors (Lipinski definition) is 5. The van der Waals surface area contributed by atoms with Gasteiger partial charge in [-0.1, -0.05) is 60.7 Å². The van der Waals surface area contributed by atoms with E-state index in [1.807, 2.05) is 72.8 Å². The highest BCUT2D eigenvalue weighted by molar-refractivity contribution is 7.87. The van der Waals surface area contributed by atoms with Crippen molar-refractivity contribution in [1.82, 2.24) is 23.9 Å². The Morgan fingerprint density at radius 3 is 2.18 bits per heavy atom. The van der Waals surface area contributed by atoms with Crippen LogP contribution in [0, 0.1) is 0 Å². The van der Waals surface area contributed by atoms with Crippen LogP contribution in [0.1, 0.15) is 11.3 Å². The van der Waals surface area contributed by atoms with Crippen molar-refractivity contribution in [2.45, 2.75) is 13.0 Å². The molecular weight excluding hydrogens is 498 g/mol. The first kappa shape index (κ1) is 26.1. The van der Waals surface area contributed by atoms with Crippen molar-refractivity contribution in [2.24, 2.45) is 0 Å². The number of aromatic nitrogens is 2. The fraction of sp³-hybridized carbons (Fsp3) is 0.276. The maximum Gasteiger partial charge on any atom is 0.279 e. The Hall–Kier alpha value is -3.50. The van der Waals surface area contributed by atoms with E-state index in [0.29, 0.717) is 32.6 Å². The van der Waals surface area contributed by atoms with E-state index < -0.39 is 10.2 Å². The number of piperazine rings is 1. The fourth-order valence-electron chi connectivity index (χ4n) is 4.68. The third-order valence-electron chi connectivity index (χ3n) is 6.77. The zero-order valence-electron chi connectivity index (χ0n) is 21.5. The highest BCUT2D eigenvalue weighted by Crippen LogP contribution is 2.28. The molecule has 0 unspecified atom stereocenters. The van der Waals surface area contributed by atoms with E-state index >= 15 is 0 Å². The molecule has 4 aromatic rings. The molecule has 1 aliphatic heterocycles. The van der Waals surface area contributed by atoms with Crippen LogP contribution in [0.25, 0.3) is 22.6 Å². The van der Waals surface area contributed by atoms with Gasteiger partial charge in [0.25, 0.3) is 10.2 Å². The van der Waals surface area contributed by atoms with Gasteiger partial charge in [0.05, 0.1) is 12.8 Å². The third-order valence-corrected chi connectivity index (χ3v) is 8.38. The van der Waals surface area contributed by atoms with Crippen molar-refractivity contribution in [3.63, 3.8) is 0 Å². The second kappa shape index (κ2) is 11.9. The van der Waals surface area contributed by atoms with Gasteiger partial charge in [-0.3, -0.25) is 4.90 Å². The van der Waals surface area contributed by atoms with E-state index in [1.165, 1.54) is 5.56 Å². The molecule has 5 rings (SSSR count). The average Bonchev–Trinajstić information content (AvgIpc) is 3.38. The van der Waals surface area contributed by atoms with Gasteiger partial charge in [0.2, 0.25) is 0 Å². The molecule has 2 heterocycles. The highest BCUT2D eigenvalue weighted by Gasteiger charge is 2.26. The molecule has 0 spiro atoms. The van der Waals surface area contributed by atoms with Crippen LogP contribution in [-0.4, -0.2) is 67.4 Å². The molecule has 2 N–H and O–H groups in total. The molecule has 0 bridgehead atoms. The van der Waals surface area contributed by atoms with Crippen LogP contribution >= 0.6 is 0 Å². The van der Waals surface area contributed by atoms with Crippen LogP contribution in [0.3, 0.4) is 0 Å². The van der Waals surface area contributed by atoms with Crippen LogP contribution in [-0.2, 0) is 23.2 Å². The summed E-state index contributed by atoms with van der Waals surface area (Å²) >= 11 is 0. The summed E-state index contributed by atoms with van der Waals surface area (Å²) in [4.78, 5) is 10.6. The Balaban J connectivity index is 1.23. The smallest absolute Gasteiger partial charge is 0.279 e. The predicted octanol–water partition coefficient (Wildman–Crippen LogP) is 3.95. The fourth-order valence-corrected chi connectivity index (χ4v) is 5.86. The molecule has 198 valence electrons. The molecular formula is C29H33N5O3S. The van der Waals surface area contributed by atoms with Crippen molar-refractivity contribution in [1.29, 1.82) is 0 Å². The lowest BCUT2D eigenvalue weighted by Gasteiger charge is -2.33. The summed E-state index contributed by atoms with van der Waals surface area (Å²) in [7, 11) is -1.94. The normalized spacial score (nSPS) is 15.0. The number of aromatic amines is 1. The molecule has 0 atom stereocenters. The van der Waals surface area contributed by atoms with Gasteiger partial charge in [-0.05, 0) is 29.8 Å². The second-order valence-corrected chi connectivity index (χ2v) is 11.1. The zero-order valence-corrected chi connectivity index (χ0v) is 22.3. The van der Waals surface area contributed by atoms with E-state index in [9.17, 15) is 8.42 Å². The molecule has 8 nitrogen and oxygen atoms in total. The topological polar surface area (TPSA) is 90.6 Å². The lowest BCUT2D eigenvalue weighted by molar-refractivity contribution is 0.180. The zero-order chi connectivity index (χ0) is 26.4. The van der Waals surface area contributed by atoms with Crippen LogP contribution in [0.2, 0.25) is 0 Å². The molecule has 1 fully saturated rings. The highest BCUT2D eigenvalue weighted by atomic mass is 32.2. The van der Waals surface area contributed by atoms with Crippen LogP contribution < -0.4 is 9.46 Å². The van der Waals surface area contributed by atoms with Gasteiger partial charge >= 0.3 is 0 Å². The molecule has 38 heavy (non-hydrogen) atoms. The Kier molecular flexibility index (Phi) is 8.19. The SMILES string of the molecule is COc1ccc(-c2nc(-c3ccccc3)[nH]c2CCNS(=O)(=O)N2CCN(Cc3ccccc3)CC2)cc1. The van der Waals surface area contributed by atoms with Crippen molar-refractivity contribution in [3.8, 4) is 28.4 Å². The van der Waals surface area contributed by atoms with Gasteiger partial charge in [-0.15, -0.1) is 0 Å². The minimum Gasteiger partial charge on any atom is -0.497 e. The number of rotatable bonds is 10. The van der Waals surface area contributed by atoms with Gasteiger partial charge in [0, 0.05) is 62.5 Å². The number of nitrogens with one attached hydrogen (secondary N) is 2. The summed E-state index contributed by atoms with van der Waals surface area (Å²) in [5, 5.41) is 0. The van der Waals surface area contributed by atoms with E-state index in [2.05, 4.69) is 26.7 Å². The van der Waals surface area contributed by atoms with Gasteiger partial charge in [0.1, 0.15) is 11.6 Å². The van der Waals surface area contributed by atoms with Gasteiger partial charge < -0.3 is 9.72 Å². The summed E-state index contributed by atoms with van der Waals surface area (Å²) in [5.41, 5.74) is 4.84. The minimum atomic E-state index is -3.58. The first-order valence-corrected chi connectivity index (χ1v) is 14.3. The number of ether oxygens (including phenoxy) is 1. The summed E-state index contributed by atoms with van der Waals surface area (Å²) in [6.45, 7) is 3.46. The molecule has 0 saturated carbocycles. The predicted molar refractivity (Wildman–Crippen MR) is 150 cm³/mol. The quantitative estimate of drug-likeness (QED) is 0.324. The maximum absolute atomic E-state index is 13.0. The van der Waals surface area contributed by atoms with Gasteiger partial charge in [-0.2, -0.15) is 12.7 Å². The van der Waals surface area contributed by atoms with Crippen LogP contribution in [0.5, 0.6) is 5.75 Å². The first-order valence-electron chi connectivity index (χ1n) is 12.8. The first-order chi connectivity index (χ1) is 18.5. The largest absolute Gasteiger partial charge is 0.497 e. The van der Waals surface area contributed by atoms with Crippen molar-refractivity contribution in [2.75, 3.05) is 39.8 Å². The van der Waals surface area contributed by atoms with E-state index in [0.717, 1.165) is 40.6 Å². The van der Waals surface area contributed by atoms with E-state index in [4.69, 9.17) is 9.72 Å². The maximum atomic E-state index is 13.0. The summed E-state index contributed by atoms with van der Waals surface area (Å²) in [6.07, 6.45) is 0.481. The van der Waals surface area contributed by atoms with Gasteiger partial charge in [0.15, 0.2) is 0 Å². The molecule has 0 amide bonds. The summed E-state index contributed by atoms with van der Waals surface area (Å²) in [6, 6.07) is 27.9. The Labute approximate surface area is 224 Å². The Bertz CT molecular complexity index is 1420.